The van der Waals surface area contributed by atoms with E-state index in [2.05, 4.69) is 5.32 Å². The number of anilines is 1. The summed E-state index contributed by atoms with van der Waals surface area (Å²) in [5, 5.41) is 14.5. The second-order valence-corrected chi connectivity index (χ2v) is 6.29. The Bertz CT molecular complexity index is 615. The molecular formula is C16H22N4O3. The highest BCUT2D eigenvalue weighted by Crippen LogP contribution is 2.32. The summed E-state index contributed by atoms with van der Waals surface area (Å²) in [5.74, 6) is -0.166. The summed E-state index contributed by atoms with van der Waals surface area (Å²) in [6.45, 7) is 1.09. The van der Waals surface area contributed by atoms with Crippen molar-refractivity contribution in [3.8, 4) is 0 Å². The lowest BCUT2D eigenvalue weighted by atomic mass is 10.0. The number of carbonyl (C=O) groups excluding carboxylic acids is 1. The number of nitrogens with one attached hydrogen (secondary N) is 1. The number of amides is 1. The highest BCUT2D eigenvalue weighted by Gasteiger charge is 2.29. The van der Waals surface area contributed by atoms with Gasteiger partial charge in [-0.1, -0.05) is 0 Å². The molecule has 3 N–H and O–H groups in total. The maximum absolute atomic E-state index is 12.7. The molecule has 1 amide bonds. The summed E-state index contributed by atoms with van der Waals surface area (Å²) < 4.78 is 0. The maximum Gasteiger partial charge on any atom is 0.293 e. The molecule has 7 heteroatoms. The molecule has 124 valence electrons. The van der Waals surface area contributed by atoms with Gasteiger partial charge in [-0.05, 0) is 44.2 Å². The minimum absolute atomic E-state index is 0.0274. The van der Waals surface area contributed by atoms with Crippen LogP contribution in [0.5, 0.6) is 0 Å². The normalized spacial score (nSPS) is 21.1. The summed E-state index contributed by atoms with van der Waals surface area (Å²) >= 11 is 0. The molecular weight excluding hydrogens is 296 g/mol. The van der Waals surface area contributed by atoms with Crippen LogP contribution in [-0.4, -0.2) is 40.9 Å². The van der Waals surface area contributed by atoms with E-state index in [1.165, 1.54) is 6.07 Å². The second kappa shape index (κ2) is 6.54. The number of rotatable bonds is 5. The molecule has 2 aliphatic rings. The van der Waals surface area contributed by atoms with E-state index in [0.29, 0.717) is 30.4 Å². The quantitative estimate of drug-likeness (QED) is 0.639. The summed E-state index contributed by atoms with van der Waals surface area (Å²) in [6.07, 6.45) is 4.97. The average molecular weight is 318 g/mol. The van der Waals surface area contributed by atoms with Crippen molar-refractivity contribution >= 4 is 17.3 Å². The molecule has 7 nitrogen and oxygen atoms in total. The zero-order chi connectivity index (χ0) is 16.4. The Morgan fingerprint density at radius 3 is 2.78 bits per heavy atom. The van der Waals surface area contributed by atoms with Gasteiger partial charge in [0.2, 0.25) is 0 Å². The topological polar surface area (TPSA) is 102 Å². The predicted molar refractivity (Wildman–Crippen MR) is 87.5 cm³/mol. The fourth-order valence-electron chi connectivity index (χ4n) is 3.06. The lowest BCUT2D eigenvalue weighted by Gasteiger charge is -2.35. The second-order valence-electron chi connectivity index (χ2n) is 6.29. The first-order valence-electron chi connectivity index (χ1n) is 8.16. The molecule has 1 aliphatic heterocycles. The third-order valence-electron chi connectivity index (χ3n) is 4.54. The van der Waals surface area contributed by atoms with E-state index in [1.54, 1.807) is 17.0 Å². The molecule has 1 aromatic carbocycles. The van der Waals surface area contributed by atoms with E-state index in [9.17, 15) is 14.9 Å². The third-order valence-corrected chi connectivity index (χ3v) is 4.54. The van der Waals surface area contributed by atoms with Crippen molar-refractivity contribution in [3.05, 3.63) is 33.9 Å². The van der Waals surface area contributed by atoms with Gasteiger partial charge in [0.15, 0.2) is 0 Å². The van der Waals surface area contributed by atoms with Crippen LogP contribution in [0.15, 0.2) is 18.2 Å². The van der Waals surface area contributed by atoms with Gasteiger partial charge in [0.25, 0.3) is 11.6 Å². The number of carbonyl (C=O) groups is 1. The fraction of sp³-hybridized carbons (Fsp3) is 0.562. The van der Waals surface area contributed by atoms with Crippen molar-refractivity contribution in [2.45, 2.75) is 44.2 Å². The van der Waals surface area contributed by atoms with E-state index < -0.39 is 4.92 Å². The van der Waals surface area contributed by atoms with Crippen LogP contribution in [0.1, 0.15) is 42.5 Å². The van der Waals surface area contributed by atoms with Crippen molar-refractivity contribution in [1.82, 2.24) is 4.90 Å². The zero-order valence-electron chi connectivity index (χ0n) is 13.0. The molecule has 0 aromatic heterocycles. The molecule has 23 heavy (non-hydrogen) atoms. The number of benzene rings is 1. The van der Waals surface area contributed by atoms with Crippen LogP contribution in [0.4, 0.5) is 11.4 Å². The summed E-state index contributed by atoms with van der Waals surface area (Å²) in [4.78, 5) is 25.4. The Kier molecular flexibility index (Phi) is 4.47. The molecule has 0 bridgehead atoms. The van der Waals surface area contributed by atoms with Crippen molar-refractivity contribution < 1.29 is 9.72 Å². The molecule has 0 spiro atoms. The number of nitro benzene ring substituents is 1. The van der Waals surface area contributed by atoms with Gasteiger partial charge in [0, 0.05) is 36.8 Å². The molecule has 1 saturated carbocycles. The number of nitrogens with two attached hydrogens (primary N) is 1. The summed E-state index contributed by atoms with van der Waals surface area (Å²) in [5.41, 5.74) is 6.57. The van der Waals surface area contributed by atoms with Crippen LogP contribution >= 0.6 is 0 Å². The third kappa shape index (κ3) is 3.44. The molecule has 2 fully saturated rings. The van der Waals surface area contributed by atoms with E-state index in [-0.39, 0.29) is 17.6 Å². The van der Waals surface area contributed by atoms with Crippen molar-refractivity contribution in [3.63, 3.8) is 0 Å². The van der Waals surface area contributed by atoms with Crippen molar-refractivity contribution in [2.75, 3.05) is 18.4 Å². The van der Waals surface area contributed by atoms with Gasteiger partial charge in [0.1, 0.15) is 5.69 Å². The molecule has 1 unspecified atom stereocenters. The van der Waals surface area contributed by atoms with E-state index in [1.807, 2.05) is 0 Å². The first-order valence-corrected chi connectivity index (χ1v) is 8.16. The number of piperidine rings is 1. The van der Waals surface area contributed by atoms with Gasteiger partial charge in [-0.3, -0.25) is 14.9 Å². The number of hydrogen-bond acceptors (Lipinski definition) is 5. The lowest BCUT2D eigenvalue weighted by molar-refractivity contribution is -0.384. The number of nitrogens with zero attached hydrogens (tertiary/aromatic N) is 2. The smallest absolute Gasteiger partial charge is 0.293 e. The van der Waals surface area contributed by atoms with E-state index >= 15 is 0 Å². The van der Waals surface area contributed by atoms with Crippen LogP contribution in [0, 0.1) is 10.1 Å². The lowest BCUT2D eigenvalue weighted by Crippen LogP contribution is -2.47. The van der Waals surface area contributed by atoms with Gasteiger partial charge in [-0.25, -0.2) is 0 Å². The molecule has 1 heterocycles. The largest absolute Gasteiger partial charge is 0.377 e. The Balaban J connectivity index is 1.84. The van der Waals surface area contributed by atoms with Crippen LogP contribution in [0.25, 0.3) is 0 Å². The molecule has 3 rings (SSSR count). The van der Waals surface area contributed by atoms with Gasteiger partial charge in [-0.2, -0.15) is 0 Å². The maximum atomic E-state index is 12.7. The highest BCUT2D eigenvalue weighted by molar-refractivity contribution is 5.96. The van der Waals surface area contributed by atoms with Crippen LogP contribution in [0.3, 0.4) is 0 Å². The minimum atomic E-state index is -0.432. The Hall–Kier alpha value is -2.15. The molecule has 1 atom stereocenters. The average Bonchev–Trinajstić information content (AvgIpc) is 3.38. The van der Waals surface area contributed by atoms with Gasteiger partial charge in [0.05, 0.1) is 4.92 Å². The van der Waals surface area contributed by atoms with Gasteiger partial charge >= 0.3 is 0 Å². The molecule has 1 aromatic rings. The van der Waals surface area contributed by atoms with E-state index in [4.69, 9.17) is 5.73 Å². The van der Waals surface area contributed by atoms with Gasteiger partial charge < -0.3 is 16.0 Å². The molecule has 1 saturated heterocycles. The van der Waals surface area contributed by atoms with Crippen LogP contribution in [0.2, 0.25) is 0 Å². The first kappa shape index (κ1) is 15.7. The van der Waals surface area contributed by atoms with Crippen molar-refractivity contribution in [1.29, 1.82) is 0 Å². The Labute approximate surface area is 135 Å². The van der Waals surface area contributed by atoms with Crippen LogP contribution < -0.4 is 11.1 Å². The monoisotopic (exact) mass is 318 g/mol. The molecule has 0 radical (unpaired) electrons. The van der Waals surface area contributed by atoms with Gasteiger partial charge in [-0.15, -0.1) is 0 Å². The summed E-state index contributed by atoms with van der Waals surface area (Å²) in [7, 11) is 0. The standard InChI is InChI=1S/C16H22N4O3/c17-10-13-3-1-2-8-19(13)16(21)11-4-7-14(18-12-5-6-12)15(9-11)20(22)23/h4,7,9,12-13,18H,1-3,5-6,8,10,17H2. The predicted octanol–water partition coefficient (Wildman–Crippen LogP) is 2.12. The van der Waals surface area contributed by atoms with Crippen molar-refractivity contribution in [2.24, 2.45) is 5.73 Å². The number of likely N-dealkylation sites (tertiary alicyclic amines) is 1. The van der Waals surface area contributed by atoms with E-state index in [0.717, 1.165) is 32.1 Å². The fourth-order valence-corrected chi connectivity index (χ4v) is 3.06. The Morgan fingerprint density at radius 2 is 2.13 bits per heavy atom. The first-order chi connectivity index (χ1) is 11.1. The Morgan fingerprint density at radius 1 is 1.35 bits per heavy atom. The number of nitro groups is 1. The summed E-state index contributed by atoms with van der Waals surface area (Å²) in [6, 6.07) is 5.04. The zero-order valence-corrected chi connectivity index (χ0v) is 13.0. The number of hydrogen-bond donors (Lipinski definition) is 2. The minimum Gasteiger partial charge on any atom is -0.377 e. The SMILES string of the molecule is NCC1CCCCN1C(=O)c1ccc(NC2CC2)c([N+](=O)[O-])c1. The molecule has 1 aliphatic carbocycles. The van der Waals surface area contributed by atoms with Crippen LogP contribution in [-0.2, 0) is 0 Å². The highest BCUT2D eigenvalue weighted by atomic mass is 16.6.